The van der Waals surface area contributed by atoms with E-state index in [-0.39, 0.29) is 6.61 Å². The number of carbonyl (C=O) groups is 1. The second-order valence-electron chi connectivity index (χ2n) is 6.95. The number of aromatic nitrogens is 3. The first-order valence-corrected chi connectivity index (χ1v) is 11.1. The molecule has 0 aliphatic heterocycles. The van der Waals surface area contributed by atoms with Crippen LogP contribution in [0.15, 0.2) is 72.4 Å². The summed E-state index contributed by atoms with van der Waals surface area (Å²) in [6.07, 6.45) is 5.29. The molecule has 0 atom stereocenters. The van der Waals surface area contributed by atoms with Crippen LogP contribution in [0.25, 0.3) is 22.2 Å². The first kappa shape index (κ1) is 21.5. The predicted molar refractivity (Wildman–Crippen MR) is 126 cm³/mol. The van der Waals surface area contributed by atoms with Crippen LogP contribution in [0.2, 0.25) is 0 Å². The molecule has 0 unspecified atom stereocenters. The van der Waals surface area contributed by atoms with E-state index in [0.717, 1.165) is 21.9 Å². The number of carbonyl (C=O) groups excluding carboxylic acids is 1. The molecule has 0 spiro atoms. The monoisotopic (exact) mass is 445 g/mol. The van der Waals surface area contributed by atoms with Crippen molar-refractivity contribution < 1.29 is 14.3 Å². The minimum atomic E-state index is -0.427. The number of imidazole rings is 1. The molecule has 2 aromatic carbocycles. The minimum absolute atomic E-state index is 0.279. The van der Waals surface area contributed by atoms with Crippen LogP contribution in [-0.2, 0) is 16.1 Å². The van der Waals surface area contributed by atoms with Crippen molar-refractivity contribution in [1.29, 1.82) is 0 Å². The second kappa shape index (κ2) is 10.1. The molecule has 6 nitrogen and oxygen atoms in total. The Labute approximate surface area is 190 Å². The van der Waals surface area contributed by atoms with E-state index >= 15 is 0 Å². The number of benzene rings is 2. The van der Waals surface area contributed by atoms with Gasteiger partial charge in [-0.2, -0.15) is 0 Å². The second-order valence-corrected chi connectivity index (χ2v) is 7.81. The lowest BCUT2D eigenvalue weighted by molar-refractivity contribution is -0.136. The highest BCUT2D eigenvalue weighted by atomic mass is 32.1. The van der Waals surface area contributed by atoms with E-state index in [1.807, 2.05) is 70.7 Å². The quantitative estimate of drug-likeness (QED) is 0.277. The number of rotatable bonds is 8. The van der Waals surface area contributed by atoms with Crippen molar-refractivity contribution in [2.45, 2.75) is 13.5 Å². The molecule has 32 heavy (non-hydrogen) atoms. The topological polar surface area (TPSA) is 66.2 Å². The third-order valence-corrected chi connectivity index (χ3v) is 5.69. The van der Waals surface area contributed by atoms with Crippen molar-refractivity contribution >= 4 is 29.0 Å². The van der Waals surface area contributed by atoms with Gasteiger partial charge in [0.1, 0.15) is 22.2 Å². The van der Waals surface area contributed by atoms with E-state index in [2.05, 4.69) is 4.98 Å². The van der Waals surface area contributed by atoms with Crippen molar-refractivity contribution in [2.24, 2.45) is 0 Å². The van der Waals surface area contributed by atoms with Crippen LogP contribution in [0.3, 0.4) is 0 Å². The molecule has 0 saturated heterocycles. The fourth-order valence-corrected chi connectivity index (χ4v) is 4.05. The summed E-state index contributed by atoms with van der Waals surface area (Å²) in [4.78, 5) is 22.0. The SMILES string of the molecule is CCOC(=O)/C(=C/c1csc(-c2cccc(OC)c2)n1)c1nccn1Cc1ccccc1. The average molecular weight is 446 g/mol. The van der Waals surface area contributed by atoms with Crippen LogP contribution in [0, 0.1) is 0 Å². The van der Waals surface area contributed by atoms with E-state index < -0.39 is 5.97 Å². The average Bonchev–Trinajstić information content (AvgIpc) is 3.48. The zero-order valence-electron chi connectivity index (χ0n) is 17.9. The number of hydrogen-bond donors (Lipinski definition) is 0. The molecule has 0 aliphatic carbocycles. The Hall–Kier alpha value is -3.71. The van der Waals surface area contributed by atoms with Crippen molar-refractivity contribution in [3.05, 3.63) is 89.5 Å². The smallest absolute Gasteiger partial charge is 0.341 e. The van der Waals surface area contributed by atoms with Crippen molar-refractivity contribution in [1.82, 2.24) is 14.5 Å². The molecule has 0 radical (unpaired) electrons. The Bertz CT molecular complexity index is 1230. The lowest BCUT2D eigenvalue weighted by Gasteiger charge is -2.10. The molecule has 0 aliphatic rings. The Balaban J connectivity index is 1.69. The number of nitrogens with zero attached hydrogens (tertiary/aromatic N) is 3. The van der Waals surface area contributed by atoms with Crippen LogP contribution in [0.1, 0.15) is 24.0 Å². The van der Waals surface area contributed by atoms with Gasteiger partial charge in [0.2, 0.25) is 0 Å². The van der Waals surface area contributed by atoms with Gasteiger partial charge in [0.15, 0.2) is 0 Å². The summed E-state index contributed by atoms with van der Waals surface area (Å²) in [6.45, 7) is 2.66. The molecular weight excluding hydrogens is 422 g/mol. The number of thiazole rings is 1. The molecule has 4 aromatic rings. The molecular formula is C25H23N3O3S. The number of esters is 1. The van der Waals surface area contributed by atoms with E-state index in [1.165, 1.54) is 11.3 Å². The summed E-state index contributed by atoms with van der Waals surface area (Å²) in [6, 6.07) is 17.8. The minimum Gasteiger partial charge on any atom is -0.497 e. The fraction of sp³-hybridized carbons (Fsp3) is 0.160. The van der Waals surface area contributed by atoms with Gasteiger partial charge in [-0.15, -0.1) is 11.3 Å². The Morgan fingerprint density at radius 2 is 2.00 bits per heavy atom. The maximum Gasteiger partial charge on any atom is 0.341 e. The Kier molecular flexibility index (Phi) is 6.77. The van der Waals surface area contributed by atoms with Gasteiger partial charge in [-0.3, -0.25) is 0 Å². The van der Waals surface area contributed by atoms with E-state index in [9.17, 15) is 4.79 Å². The lowest BCUT2D eigenvalue weighted by atomic mass is 10.2. The van der Waals surface area contributed by atoms with E-state index in [0.29, 0.717) is 23.6 Å². The summed E-state index contributed by atoms with van der Waals surface area (Å²) in [5.74, 6) is 0.886. The van der Waals surface area contributed by atoms with Gasteiger partial charge in [0, 0.05) is 29.9 Å². The van der Waals surface area contributed by atoms with Crippen LogP contribution in [-0.4, -0.2) is 34.2 Å². The lowest BCUT2D eigenvalue weighted by Crippen LogP contribution is -2.12. The summed E-state index contributed by atoms with van der Waals surface area (Å²) < 4.78 is 12.6. The largest absolute Gasteiger partial charge is 0.497 e. The first-order valence-electron chi connectivity index (χ1n) is 10.2. The maximum atomic E-state index is 12.8. The maximum absolute atomic E-state index is 12.8. The van der Waals surface area contributed by atoms with E-state index in [1.54, 1.807) is 26.3 Å². The molecule has 2 heterocycles. The molecule has 2 aromatic heterocycles. The van der Waals surface area contributed by atoms with Gasteiger partial charge in [-0.05, 0) is 30.7 Å². The zero-order chi connectivity index (χ0) is 22.3. The van der Waals surface area contributed by atoms with Crippen LogP contribution in [0.4, 0.5) is 0 Å². The standard InChI is InChI=1S/C25H23N3O3S/c1-3-31-25(29)22(23-26-12-13-28(23)16-18-8-5-4-6-9-18)15-20-17-32-24(27-20)19-10-7-11-21(14-19)30-2/h4-15,17H,3,16H2,1-2H3/b22-15+. The van der Waals surface area contributed by atoms with Gasteiger partial charge in [-0.25, -0.2) is 14.8 Å². The number of ether oxygens (including phenoxy) is 2. The Morgan fingerprint density at radius 1 is 1.16 bits per heavy atom. The molecule has 162 valence electrons. The third kappa shape index (κ3) is 4.95. The highest BCUT2D eigenvalue weighted by Crippen LogP contribution is 2.28. The highest BCUT2D eigenvalue weighted by Gasteiger charge is 2.20. The summed E-state index contributed by atoms with van der Waals surface area (Å²) in [7, 11) is 1.64. The number of hydrogen-bond acceptors (Lipinski definition) is 6. The van der Waals surface area contributed by atoms with Crippen LogP contribution in [0.5, 0.6) is 5.75 Å². The Morgan fingerprint density at radius 3 is 2.78 bits per heavy atom. The molecule has 0 fully saturated rings. The van der Waals surface area contributed by atoms with Gasteiger partial charge < -0.3 is 14.0 Å². The van der Waals surface area contributed by atoms with E-state index in [4.69, 9.17) is 14.5 Å². The predicted octanol–water partition coefficient (Wildman–Crippen LogP) is 5.17. The fourth-order valence-electron chi connectivity index (χ4n) is 3.27. The normalized spacial score (nSPS) is 11.4. The molecule has 0 N–H and O–H groups in total. The summed E-state index contributed by atoms with van der Waals surface area (Å²) in [5, 5.41) is 2.75. The van der Waals surface area contributed by atoms with Gasteiger partial charge in [0.25, 0.3) is 0 Å². The van der Waals surface area contributed by atoms with Crippen LogP contribution >= 0.6 is 11.3 Å². The number of methoxy groups -OCH3 is 1. The molecule has 7 heteroatoms. The van der Waals surface area contributed by atoms with Crippen molar-refractivity contribution in [3.63, 3.8) is 0 Å². The summed E-state index contributed by atoms with van der Waals surface area (Å²) in [5.41, 5.74) is 3.11. The van der Waals surface area contributed by atoms with Gasteiger partial charge >= 0.3 is 5.97 Å². The molecule has 4 rings (SSSR count). The molecule has 0 saturated carbocycles. The van der Waals surface area contributed by atoms with Gasteiger partial charge in [-0.1, -0.05) is 42.5 Å². The summed E-state index contributed by atoms with van der Waals surface area (Å²) >= 11 is 1.50. The zero-order valence-corrected chi connectivity index (χ0v) is 18.7. The highest BCUT2D eigenvalue weighted by molar-refractivity contribution is 7.13. The van der Waals surface area contributed by atoms with Crippen LogP contribution < -0.4 is 4.74 Å². The molecule has 0 amide bonds. The van der Waals surface area contributed by atoms with Crippen molar-refractivity contribution in [2.75, 3.05) is 13.7 Å². The van der Waals surface area contributed by atoms with Gasteiger partial charge in [0.05, 0.1) is 19.4 Å². The van der Waals surface area contributed by atoms with Crippen molar-refractivity contribution in [3.8, 4) is 16.3 Å². The third-order valence-electron chi connectivity index (χ3n) is 4.78. The first-order chi connectivity index (χ1) is 15.7. The molecule has 0 bridgehead atoms.